The normalized spacial score (nSPS) is 10.8. The van der Waals surface area contributed by atoms with Crippen LogP contribution in [0.5, 0.6) is 0 Å². The molecule has 0 saturated heterocycles. The standard InChI is InChI=1S/C8H10N2O2.C3H7NO2/c9-7-3-1-6(2-4-7)5-10-8(11)12;1-2(4)3(5)6/h1-4,10H,5,9H2,(H,11,12);2H,4H2,1H3,(H,5,6). The number of hydrogen-bond acceptors (Lipinski definition) is 4. The lowest BCUT2D eigenvalue weighted by molar-refractivity contribution is -0.138. The van der Waals surface area contributed by atoms with Crippen molar-refractivity contribution >= 4 is 17.7 Å². The third-order valence-electron chi connectivity index (χ3n) is 1.81. The molecule has 0 aromatic heterocycles. The number of nitrogen functional groups attached to an aromatic ring is 1. The van der Waals surface area contributed by atoms with Gasteiger partial charge in [-0.25, -0.2) is 4.79 Å². The van der Waals surface area contributed by atoms with Gasteiger partial charge in [0.2, 0.25) is 0 Å². The van der Waals surface area contributed by atoms with Crippen molar-refractivity contribution in [3.63, 3.8) is 0 Å². The van der Waals surface area contributed by atoms with Crippen molar-refractivity contribution < 1.29 is 19.8 Å². The summed E-state index contributed by atoms with van der Waals surface area (Å²) in [6, 6.07) is 6.30. The van der Waals surface area contributed by atoms with Gasteiger partial charge in [0, 0.05) is 12.2 Å². The van der Waals surface area contributed by atoms with E-state index in [-0.39, 0.29) is 0 Å². The summed E-state index contributed by atoms with van der Waals surface area (Å²) in [6.07, 6.45) is -1.02. The van der Waals surface area contributed by atoms with E-state index in [9.17, 15) is 9.59 Å². The van der Waals surface area contributed by atoms with Crippen LogP contribution in [0, 0.1) is 0 Å². The van der Waals surface area contributed by atoms with Gasteiger partial charge in [-0.15, -0.1) is 0 Å². The molecule has 1 aromatic rings. The first-order valence-corrected chi connectivity index (χ1v) is 5.12. The molecule has 0 aliphatic rings. The number of aliphatic carboxylic acids is 1. The third kappa shape index (κ3) is 7.94. The van der Waals surface area contributed by atoms with Crippen molar-refractivity contribution in [1.29, 1.82) is 0 Å². The van der Waals surface area contributed by atoms with Gasteiger partial charge < -0.3 is 27.0 Å². The average Bonchev–Trinajstić information content (AvgIpc) is 2.29. The fraction of sp³-hybridized carbons (Fsp3) is 0.273. The molecule has 1 unspecified atom stereocenters. The van der Waals surface area contributed by atoms with Gasteiger partial charge in [0.05, 0.1) is 0 Å². The molecule has 1 aromatic carbocycles. The molecule has 1 rings (SSSR count). The van der Waals surface area contributed by atoms with Crippen molar-refractivity contribution in [2.75, 3.05) is 5.73 Å². The number of nitrogens with two attached hydrogens (primary N) is 2. The van der Waals surface area contributed by atoms with Crippen molar-refractivity contribution in [3.05, 3.63) is 29.8 Å². The molecule has 1 amide bonds. The maximum atomic E-state index is 10.1. The van der Waals surface area contributed by atoms with Gasteiger partial charge in [-0.1, -0.05) is 12.1 Å². The lowest BCUT2D eigenvalue weighted by Gasteiger charge is -2.00. The number of amides is 1. The second-order valence-electron chi connectivity index (χ2n) is 3.53. The predicted octanol–water partition coefficient (Wildman–Crippen LogP) is 0.455. The SMILES string of the molecule is CC(N)C(=O)O.Nc1ccc(CNC(=O)O)cc1. The maximum absolute atomic E-state index is 10.1. The summed E-state index contributed by atoms with van der Waals surface area (Å²) in [4.78, 5) is 19.7. The van der Waals surface area contributed by atoms with Crippen LogP contribution in [0.15, 0.2) is 24.3 Å². The molecule has 0 fully saturated rings. The zero-order chi connectivity index (χ0) is 14.1. The lowest BCUT2D eigenvalue weighted by atomic mass is 10.2. The molecule has 18 heavy (non-hydrogen) atoms. The van der Waals surface area contributed by atoms with E-state index >= 15 is 0 Å². The number of carbonyl (C=O) groups is 2. The molecule has 1 atom stereocenters. The smallest absolute Gasteiger partial charge is 0.404 e. The Morgan fingerprint density at radius 1 is 1.28 bits per heavy atom. The van der Waals surface area contributed by atoms with Gasteiger partial charge in [-0.3, -0.25) is 4.79 Å². The first-order valence-electron chi connectivity index (χ1n) is 5.12. The molecule has 0 aliphatic carbocycles. The minimum absolute atomic E-state index is 0.315. The van der Waals surface area contributed by atoms with Gasteiger partial charge in [0.15, 0.2) is 0 Å². The first kappa shape index (κ1) is 15.7. The van der Waals surface area contributed by atoms with E-state index in [1.165, 1.54) is 6.92 Å². The maximum Gasteiger partial charge on any atom is 0.404 e. The molecule has 0 radical (unpaired) electrons. The Hall–Kier alpha value is -2.28. The van der Waals surface area contributed by atoms with Crippen molar-refractivity contribution in [1.82, 2.24) is 5.32 Å². The first-order chi connectivity index (χ1) is 8.32. The number of anilines is 1. The molecular weight excluding hydrogens is 238 g/mol. The number of carboxylic acid groups (broad SMARTS) is 2. The fourth-order valence-electron chi connectivity index (χ4n) is 0.813. The van der Waals surface area contributed by atoms with E-state index < -0.39 is 18.1 Å². The molecule has 0 aliphatic heterocycles. The Balaban J connectivity index is 0.000000411. The van der Waals surface area contributed by atoms with Crippen LogP contribution in [0.4, 0.5) is 10.5 Å². The minimum atomic E-state index is -1.02. The summed E-state index contributed by atoms with van der Waals surface area (Å²) >= 11 is 0. The van der Waals surface area contributed by atoms with Gasteiger partial charge in [0.25, 0.3) is 0 Å². The van der Waals surface area contributed by atoms with Crippen LogP contribution in [0.25, 0.3) is 0 Å². The Kier molecular flexibility index (Phi) is 6.91. The Labute approximate surface area is 104 Å². The van der Waals surface area contributed by atoms with Crippen LogP contribution in [-0.4, -0.2) is 28.3 Å². The molecular formula is C11H17N3O4. The van der Waals surface area contributed by atoms with E-state index in [2.05, 4.69) is 5.32 Å². The molecule has 0 bridgehead atoms. The third-order valence-corrected chi connectivity index (χ3v) is 1.81. The molecule has 7 N–H and O–H groups in total. The van der Waals surface area contributed by atoms with Crippen LogP contribution in [0.3, 0.4) is 0 Å². The van der Waals surface area contributed by atoms with Crippen LogP contribution in [0.1, 0.15) is 12.5 Å². The van der Waals surface area contributed by atoms with Crippen molar-refractivity contribution in [2.24, 2.45) is 5.73 Å². The van der Waals surface area contributed by atoms with Crippen LogP contribution >= 0.6 is 0 Å². The highest BCUT2D eigenvalue weighted by molar-refractivity contribution is 5.72. The largest absolute Gasteiger partial charge is 0.480 e. The quantitative estimate of drug-likeness (QED) is 0.497. The van der Waals surface area contributed by atoms with Crippen LogP contribution in [0.2, 0.25) is 0 Å². The number of carboxylic acids is 1. The van der Waals surface area contributed by atoms with Crippen LogP contribution < -0.4 is 16.8 Å². The van der Waals surface area contributed by atoms with Crippen molar-refractivity contribution in [2.45, 2.75) is 19.5 Å². The van der Waals surface area contributed by atoms with E-state index in [4.69, 9.17) is 21.7 Å². The summed E-state index contributed by atoms with van der Waals surface area (Å²) in [5.41, 5.74) is 11.9. The minimum Gasteiger partial charge on any atom is -0.480 e. The number of benzene rings is 1. The zero-order valence-corrected chi connectivity index (χ0v) is 9.96. The Morgan fingerprint density at radius 3 is 2.06 bits per heavy atom. The van der Waals surface area contributed by atoms with Crippen molar-refractivity contribution in [3.8, 4) is 0 Å². The summed E-state index contributed by atoms with van der Waals surface area (Å²) in [6.45, 7) is 1.73. The van der Waals surface area contributed by atoms with E-state index in [0.717, 1.165) is 5.56 Å². The summed E-state index contributed by atoms with van der Waals surface area (Å²) in [5.74, 6) is -0.963. The zero-order valence-electron chi connectivity index (χ0n) is 9.96. The van der Waals surface area contributed by atoms with E-state index in [1.54, 1.807) is 24.3 Å². The molecule has 0 heterocycles. The summed E-state index contributed by atoms with van der Waals surface area (Å²) in [7, 11) is 0. The highest BCUT2D eigenvalue weighted by Gasteiger charge is 1.99. The number of rotatable bonds is 3. The van der Waals surface area contributed by atoms with Crippen LogP contribution in [-0.2, 0) is 11.3 Å². The van der Waals surface area contributed by atoms with Gasteiger partial charge in [-0.2, -0.15) is 0 Å². The highest BCUT2D eigenvalue weighted by atomic mass is 16.4. The lowest BCUT2D eigenvalue weighted by Crippen LogP contribution is -2.25. The van der Waals surface area contributed by atoms with E-state index in [0.29, 0.717) is 12.2 Å². The Bertz CT molecular complexity index is 390. The van der Waals surface area contributed by atoms with Gasteiger partial charge >= 0.3 is 12.1 Å². The monoisotopic (exact) mass is 255 g/mol. The molecule has 0 spiro atoms. The average molecular weight is 255 g/mol. The predicted molar refractivity (Wildman–Crippen MR) is 67.0 cm³/mol. The fourth-order valence-corrected chi connectivity index (χ4v) is 0.813. The Morgan fingerprint density at radius 2 is 1.72 bits per heavy atom. The van der Waals surface area contributed by atoms with E-state index in [1.807, 2.05) is 0 Å². The molecule has 100 valence electrons. The molecule has 7 heteroatoms. The molecule has 0 saturated carbocycles. The second kappa shape index (κ2) is 7.91. The van der Waals surface area contributed by atoms with Gasteiger partial charge in [-0.05, 0) is 24.6 Å². The van der Waals surface area contributed by atoms with Gasteiger partial charge in [0.1, 0.15) is 6.04 Å². The summed E-state index contributed by atoms with van der Waals surface area (Å²) in [5, 5.41) is 18.4. The highest BCUT2D eigenvalue weighted by Crippen LogP contribution is 2.04. The summed E-state index contributed by atoms with van der Waals surface area (Å²) < 4.78 is 0. The topological polar surface area (TPSA) is 139 Å². The number of nitrogens with one attached hydrogen (secondary N) is 1. The number of hydrogen-bond donors (Lipinski definition) is 5. The second-order valence-corrected chi connectivity index (χ2v) is 3.53. The molecule has 7 nitrogen and oxygen atoms in total.